The normalized spacial score (nSPS) is 11.2. The van der Waals surface area contributed by atoms with E-state index in [4.69, 9.17) is 0 Å². The van der Waals surface area contributed by atoms with Gasteiger partial charge in [-0.3, -0.25) is 9.78 Å². The van der Waals surface area contributed by atoms with E-state index >= 15 is 0 Å². The van der Waals surface area contributed by atoms with Crippen LogP contribution in [0, 0.1) is 0 Å². The molecule has 3 rings (SSSR count). The van der Waals surface area contributed by atoms with E-state index in [9.17, 15) is 9.90 Å². The molecule has 0 atom stereocenters. The van der Waals surface area contributed by atoms with Gasteiger partial charge >= 0.3 is 0 Å². The molecule has 3 aromatic rings. The van der Waals surface area contributed by atoms with Gasteiger partial charge in [-0.2, -0.15) is 14.6 Å². The van der Waals surface area contributed by atoms with Gasteiger partial charge in [0.15, 0.2) is 0 Å². The van der Waals surface area contributed by atoms with Crippen molar-refractivity contribution in [3.63, 3.8) is 0 Å². The SMILES string of the molecule is O=c1[nH]c2ncnn2c2ccc(O)cc12. The molecule has 2 N–H and O–H groups in total. The van der Waals surface area contributed by atoms with Crippen molar-refractivity contribution in [2.75, 3.05) is 0 Å². The zero-order valence-corrected chi connectivity index (χ0v) is 7.51. The maximum Gasteiger partial charge on any atom is 0.260 e. The second-order valence-electron chi connectivity index (χ2n) is 3.15. The van der Waals surface area contributed by atoms with Crippen molar-refractivity contribution in [1.82, 2.24) is 19.6 Å². The Hall–Kier alpha value is -2.37. The molecule has 0 fully saturated rings. The highest BCUT2D eigenvalue weighted by Gasteiger charge is 2.06. The fraction of sp³-hybridized carbons (Fsp3) is 0. The molecule has 6 heteroatoms. The third kappa shape index (κ3) is 1.01. The maximum atomic E-state index is 11.6. The maximum absolute atomic E-state index is 11.6. The Morgan fingerprint density at radius 3 is 3.13 bits per heavy atom. The summed E-state index contributed by atoms with van der Waals surface area (Å²) >= 11 is 0. The summed E-state index contributed by atoms with van der Waals surface area (Å²) in [6, 6.07) is 4.53. The van der Waals surface area contributed by atoms with Gasteiger partial charge in [-0.05, 0) is 18.2 Å². The number of H-pyrrole nitrogens is 1. The Morgan fingerprint density at radius 2 is 2.27 bits per heavy atom. The molecule has 0 saturated carbocycles. The van der Waals surface area contributed by atoms with Crippen molar-refractivity contribution >= 4 is 16.7 Å². The molecular formula is C9H6N4O2. The standard InChI is InChI=1S/C9H6N4O2/c14-5-1-2-7-6(3-5)8(15)12-9-10-4-11-13(7)9/h1-4,14H,(H,10,11,12,15). The Balaban J connectivity index is 2.67. The predicted octanol–water partition coefficient (Wildman–Crippen LogP) is 0.276. The van der Waals surface area contributed by atoms with Gasteiger partial charge in [0.2, 0.25) is 5.78 Å². The number of rotatable bonds is 0. The summed E-state index contributed by atoms with van der Waals surface area (Å²) in [5, 5.41) is 13.6. The summed E-state index contributed by atoms with van der Waals surface area (Å²) < 4.78 is 1.51. The Morgan fingerprint density at radius 1 is 1.40 bits per heavy atom. The van der Waals surface area contributed by atoms with Gasteiger partial charge < -0.3 is 5.11 Å². The van der Waals surface area contributed by atoms with Crippen LogP contribution >= 0.6 is 0 Å². The first kappa shape index (κ1) is 7.98. The molecule has 0 unspecified atom stereocenters. The van der Waals surface area contributed by atoms with Crippen LogP contribution in [-0.4, -0.2) is 24.7 Å². The monoisotopic (exact) mass is 202 g/mol. The number of fused-ring (bicyclic) bond motifs is 3. The lowest BCUT2D eigenvalue weighted by atomic mass is 10.2. The summed E-state index contributed by atoms with van der Waals surface area (Å²) in [6.45, 7) is 0. The summed E-state index contributed by atoms with van der Waals surface area (Å²) in [6.07, 6.45) is 1.36. The van der Waals surface area contributed by atoms with E-state index in [0.717, 1.165) is 0 Å². The molecule has 0 spiro atoms. The summed E-state index contributed by atoms with van der Waals surface area (Å²) in [5.74, 6) is 0.436. The van der Waals surface area contributed by atoms with E-state index in [1.165, 1.54) is 23.0 Å². The van der Waals surface area contributed by atoms with Crippen LogP contribution in [0.3, 0.4) is 0 Å². The Kier molecular flexibility index (Phi) is 1.37. The van der Waals surface area contributed by atoms with Crippen molar-refractivity contribution in [3.05, 3.63) is 34.9 Å². The molecular weight excluding hydrogens is 196 g/mol. The molecule has 0 aliphatic carbocycles. The van der Waals surface area contributed by atoms with Crippen molar-refractivity contribution in [1.29, 1.82) is 0 Å². The first-order valence-electron chi connectivity index (χ1n) is 4.30. The molecule has 0 aliphatic heterocycles. The van der Waals surface area contributed by atoms with Crippen LogP contribution in [0.4, 0.5) is 0 Å². The van der Waals surface area contributed by atoms with Gasteiger partial charge in [-0.1, -0.05) is 0 Å². The van der Waals surface area contributed by atoms with Gasteiger partial charge in [0, 0.05) is 0 Å². The molecule has 2 aromatic heterocycles. The number of benzene rings is 1. The minimum atomic E-state index is -0.290. The molecule has 74 valence electrons. The van der Waals surface area contributed by atoms with E-state index in [1.54, 1.807) is 6.07 Å². The lowest BCUT2D eigenvalue weighted by Gasteiger charge is -1.99. The number of hydrogen-bond acceptors (Lipinski definition) is 4. The van der Waals surface area contributed by atoms with Crippen molar-refractivity contribution in [2.45, 2.75) is 0 Å². The van der Waals surface area contributed by atoms with E-state index in [0.29, 0.717) is 16.7 Å². The van der Waals surface area contributed by atoms with Crippen LogP contribution in [-0.2, 0) is 0 Å². The minimum Gasteiger partial charge on any atom is -0.508 e. The van der Waals surface area contributed by atoms with Crippen LogP contribution in [0.25, 0.3) is 16.7 Å². The summed E-state index contributed by atoms with van der Waals surface area (Å²) in [5.41, 5.74) is 0.324. The highest BCUT2D eigenvalue weighted by Crippen LogP contribution is 2.16. The molecule has 0 radical (unpaired) electrons. The molecule has 2 heterocycles. The highest BCUT2D eigenvalue weighted by atomic mass is 16.3. The quantitative estimate of drug-likeness (QED) is 0.548. The second-order valence-corrected chi connectivity index (χ2v) is 3.15. The molecule has 15 heavy (non-hydrogen) atoms. The number of aromatic hydroxyl groups is 1. The first-order chi connectivity index (χ1) is 7.25. The lowest BCUT2D eigenvalue weighted by molar-refractivity contribution is 0.476. The first-order valence-corrected chi connectivity index (χ1v) is 4.30. The van der Waals surface area contributed by atoms with Crippen molar-refractivity contribution in [3.8, 4) is 5.75 Å². The number of nitrogens with zero attached hydrogens (tertiary/aromatic N) is 3. The zero-order chi connectivity index (χ0) is 10.4. The second kappa shape index (κ2) is 2.57. The number of aromatic amines is 1. The Labute approximate surface area is 82.8 Å². The molecule has 6 nitrogen and oxygen atoms in total. The smallest absolute Gasteiger partial charge is 0.260 e. The third-order valence-electron chi connectivity index (χ3n) is 2.23. The largest absolute Gasteiger partial charge is 0.508 e. The molecule has 0 amide bonds. The molecule has 1 aromatic carbocycles. The third-order valence-corrected chi connectivity index (χ3v) is 2.23. The van der Waals surface area contributed by atoms with Crippen molar-refractivity contribution < 1.29 is 5.11 Å². The van der Waals surface area contributed by atoms with E-state index in [2.05, 4.69) is 15.1 Å². The summed E-state index contributed by atoms with van der Waals surface area (Å²) in [7, 11) is 0. The number of nitrogens with one attached hydrogen (secondary N) is 1. The highest BCUT2D eigenvalue weighted by molar-refractivity contribution is 5.80. The number of phenolic OH excluding ortho intramolecular Hbond substituents is 1. The molecule has 0 bridgehead atoms. The predicted molar refractivity (Wildman–Crippen MR) is 52.8 cm³/mol. The van der Waals surface area contributed by atoms with Crippen LogP contribution in [0.2, 0.25) is 0 Å². The van der Waals surface area contributed by atoms with E-state index in [1.807, 2.05) is 0 Å². The fourth-order valence-electron chi connectivity index (χ4n) is 1.56. The van der Waals surface area contributed by atoms with Crippen LogP contribution in [0.15, 0.2) is 29.3 Å². The summed E-state index contributed by atoms with van der Waals surface area (Å²) in [4.78, 5) is 18.0. The van der Waals surface area contributed by atoms with Gasteiger partial charge in [0.05, 0.1) is 10.9 Å². The Bertz CT molecular complexity index is 713. The van der Waals surface area contributed by atoms with Gasteiger partial charge in [-0.15, -0.1) is 0 Å². The van der Waals surface area contributed by atoms with Gasteiger partial charge in [0.1, 0.15) is 12.1 Å². The van der Waals surface area contributed by atoms with Crippen LogP contribution in [0.5, 0.6) is 5.75 Å². The van der Waals surface area contributed by atoms with Crippen LogP contribution in [0.1, 0.15) is 0 Å². The molecule has 0 aliphatic rings. The van der Waals surface area contributed by atoms with E-state index < -0.39 is 0 Å². The number of phenols is 1. The van der Waals surface area contributed by atoms with E-state index in [-0.39, 0.29) is 11.3 Å². The average Bonchev–Trinajstić information content (AvgIpc) is 2.66. The zero-order valence-electron chi connectivity index (χ0n) is 7.51. The topological polar surface area (TPSA) is 83.3 Å². The minimum absolute atomic E-state index is 0.0486. The number of aromatic nitrogens is 4. The van der Waals surface area contributed by atoms with Gasteiger partial charge in [-0.25, -0.2) is 0 Å². The van der Waals surface area contributed by atoms with Crippen LogP contribution < -0.4 is 5.56 Å². The number of hydrogen-bond donors (Lipinski definition) is 2. The average molecular weight is 202 g/mol. The fourth-order valence-corrected chi connectivity index (χ4v) is 1.56. The lowest BCUT2D eigenvalue weighted by Crippen LogP contribution is -2.10. The van der Waals surface area contributed by atoms with Gasteiger partial charge in [0.25, 0.3) is 5.56 Å². The van der Waals surface area contributed by atoms with Crippen molar-refractivity contribution in [2.24, 2.45) is 0 Å². The molecule has 0 saturated heterocycles.